The van der Waals surface area contributed by atoms with Gasteiger partial charge in [0.15, 0.2) is 0 Å². The summed E-state index contributed by atoms with van der Waals surface area (Å²) in [4.78, 5) is 16.4. The highest BCUT2D eigenvalue weighted by molar-refractivity contribution is 5.91. The van der Waals surface area contributed by atoms with E-state index in [4.69, 9.17) is 5.10 Å². The monoisotopic (exact) mass is 378 g/mol. The number of hydrogen-bond donors (Lipinski definition) is 1. The molecular formula is C22H23FN4O. The van der Waals surface area contributed by atoms with Gasteiger partial charge in [0.1, 0.15) is 17.3 Å². The zero-order valence-corrected chi connectivity index (χ0v) is 15.9. The number of carbonyl (C=O) groups is 1. The van der Waals surface area contributed by atoms with Crippen LogP contribution >= 0.6 is 0 Å². The molecule has 1 amide bonds. The molecule has 0 atom stereocenters. The summed E-state index contributed by atoms with van der Waals surface area (Å²) in [6.07, 6.45) is 7.47. The Morgan fingerprint density at radius 1 is 1.21 bits per heavy atom. The average molecular weight is 378 g/mol. The van der Waals surface area contributed by atoms with Gasteiger partial charge < -0.3 is 5.32 Å². The molecule has 0 radical (unpaired) electrons. The molecule has 1 N–H and O–H groups in total. The third kappa shape index (κ3) is 4.27. The molecule has 144 valence electrons. The summed E-state index contributed by atoms with van der Waals surface area (Å²) in [5, 5.41) is 7.60. The largest absolute Gasteiger partial charge is 0.311 e. The molecule has 2 aromatic heterocycles. The van der Waals surface area contributed by atoms with Crippen LogP contribution in [0.1, 0.15) is 32.6 Å². The normalized spacial score (nSPS) is 13.5. The molecule has 1 aromatic carbocycles. The van der Waals surface area contributed by atoms with Gasteiger partial charge in [-0.2, -0.15) is 5.10 Å². The SMILES string of the molecule is CCCn1cc(-c2ccnc(NC(=O)CC3CC3)c2)c(-c2ccc(F)cc2)n1. The van der Waals surface area contributed by atoms with Crippen molar-refractivity contribution in [2.75, 3.05) is 5.32 Å². The van der Waals surface area contributed by atoms with Crippen molar-refractivity contribution in [1.82, 2.24) is 14.8 Å². The van der Waals surface area contributed by atoms with Crippen molar-refractivity contribution in [1.29, 1.82) is 0 Å². The molecule has 6 heteroatoms. The molecule has 0 bridgehead atoms. The van der Waals surface area contributed by atoms with Crippen LogP contribution < -0.4 is 5.32 Å². The van der Waals surface area contributed by atoms with Crippen LogP contribution in [0.5, 0.6) is 0 Å². The van der Waals surface area contributed by atoms with Crippen LogP contribution in [0.3, 0.4) is 0 Å². The Kier molecular flexibility index (Phi) is 5.19. The molecule has 2 heterocycles. The van der Waals surface area contributed by atoms with E-state index in [-0.39, 0.29) is 11.7 Å². The Bertz CT molecular complexity index is 976. The second-order valence-electron chi connectivity index (χ2n) is 7.29. The van der Waals surface area contributed by atoms with Gasteiger partial charge in [-0.3, -0.25) is 9.48 Å². The van der Waals surface area contributed by atoms with Gasteiger partial charge in [0.05, 0.1) is 0 Å². The summed E-state index contributed by atoms with van der Waals surface area (Å²) in [5.41, 5.74) is 3.48. The summed E-state index contributed by atoms with van der Waals surface area (Å²) >= 11 is 0. The Morgan fingerprint density at radius 2 is 2.00 bits per heavy atom. The smallest absolute Gasteiger partial charge is 0.225 e. The van der Waals surface area contributed by atoms with Gasteiger partial charge in [-0.05, 0) is 67.1 Å². The second-order valence-corrected chi connectivity index (χ2v) is 7.29. The minimum atomic E-state index is -0.275. The third-order valence-electron chi connectivity index (χ3n) is 4.84. The van der Waals surface area contributed by atoms with Gasteiger partial charge in [0, 0.05) is 36.5 Å². The number of nitrogens with zero attached hydrogens (tertiary/aromatic N) is 3. The Hall–Kier alpha value is -3.02. The molecule has 0 aliphatic heterocycles. The van der Waals surface area contributed by atoms with Crippen molar-refractivity contribution in [3.63, 3.8) is 0 Å². The summed E-state index contributed by atoms with van der Waals surface area (Å²) in [5.74, 6) is 0.799. The van der Waals surface area contributed by atoms with Gasteiger partial charge in [-0.1, -0.05) is 6.92 Å². The lowest BCUT2D eigenvalue weighted by atomic mass is 10.0. The minimum absolute atomic E-state index is 0.00702. The van der Waals surface area contributed by atoms with Crippen molar-refractivity contribution in [3.05, 3.63) is 54.6 Å². The second kappa shape index (κ2) is 7.92. The molecule has 0 unspecified atom stereocenters. The number of nitrogens with one attached hydrogen (secondary N) is 1. The van der Waals surface area contributed by atoms with Gasteiger partial charge in [-0.15, -0.1) is 0 Å². The Labute approximate surface area is 163 Å². The lowest BCUT2D eigenvalue weighted by molar-refractivity contribution is -0.116. The average Bonchev–Trinajstić information content (AvgIpc) is 3.39. The molecule has 0 spiro atoms. The van der Waals surface area contributed by atoms with Crippen LogP contribution in [0, 0.1) is 11.7 Å². The highest BCUT2D eigenvalue weighted by Crippen LogP contribution is 2.34. The number of aromatic nitrogens is 3. The van der Waals surface area contributed by atoms with Crippen molar-refractivity contribution < 1.29 is 9.18 Å². The van der Waals surface area contributed by atoms with E-state index >= 15 is 0 Å². The molecule has 4 rings (SSSR count). The molecule has 3 aromatic rings. The van der Waals surface area contributed by atoms with Gasteiger partial charge in [0.25, 0.3) is 0 Å². The molecule has 0 saturated heterocycles. The molecule has 1 aliphatic rings. The summed E-state index contributed by atoms with van der Waals surface area (Å²) < 4.78 is 15.2. The first-order valence-electron chi connectivity index (χ1n) is 9.72. The van der Waals surface area contributed by atoms with E-state index < -0.39 is 0 Å². The number of anilines is 1. The molecule has 1 saturated carbocycles. The summed E-state index contributed by atoms with van der Waals surface area (Å²) in [6.45, 7) is 2.89. The number of pyridine rings is 1. The van der Waals surface area contributed by atoms with Gasteiger partial charge >= 0.3 is 0 Å². The Balaban J connectivity index is 1.66. The third-order valence-corrected chi connectivity index (χ3v) is 4.84. The van der Waals surface area contributed by atoms with Crippen molar-refractivity contribution in [2.24, 2.45) is 5.92 Å². The van der Waals surface area contributed by atoms with Crippen LogP contribution in [0.15, 0.2) is 48.8 Å². The first kappa shape index (κ1) is 18.3. The number of rotatable bonds is 7. The lowest BCUT2D eigenvalue weighted by Gasteiger charge is -2.07. The zero-order chi connectivity index (χ0) is 19.5. The first-order chi connectivity index (χ1) is 13.6. The number of aryl methyl sites for hydroxylation is 1. The van der Waals surface area contributed by atoms with Crippen molar-refractivity contribution in [2.45, 2.75) is 39.2 Å². The molecule has 1 aliphatic carbocycles. The Morgan fingerprint density at radius 3 is 2.71 bits per heavy atom. The molecule has 28 heavy (non-hydrogen) atoms. The van der Waals surface area contributed by atoms with Crippen LogP contribution in [-0.2, 0) is 11.3 Å². The van der Waals surface area contributed by atoms with Crippen LogP contribution in [0.2, 0.25) is 0 Å². The number of carbonyl (C=O) groups excluding carboxylic acids is 1. The summed E-state index contributed by atoms with van der Waals surface area (Å²) in [6, 6.07) is 10.1. The standard InChI is InChI=1S/C22H23FN4O/c1-2-11-27-14-19(22(26-27)16-5-7-18(23)8-6-16)17-9-10-24-20(13-17)25-21(28)12-15-3-4-15/h5-10,13-15H,2-4,11-12H2,1H3,(H,24,25,28). The highest BCUT2D eigenvalue weighted by Gasteiger charge is 2.24. The minimum Gasteiger partial charge on any atom is -0.311 e. The van der Waals surface area contributed by atoms with Crippen molar-refractivity contribution in [3.8, 4) is 22.4 Å². The van der Waals surface area contributed by atoms with E-state index in [0.717, 1.165) is 48.2 Å². The maximum atomic E-state index is 13.3. The number of halogens is 1. The number of hydrogen-bond acceptors (Lipinski definition) is 3. The number of benzene rings is 1. The summed E-state index contributed by atoms with van der Waals surface area (Å²) in [7, 11) is 0. The van der Waals surface area contributed by atoms with Crippen LogP contribution in [0.25, 0.3) is 22.4 Å². The highest BCUT2D eigenvalue weighted by atomic mass is 19.1. The van der Waals surface area contributed by atoms with Crippen LogP contribution in [0.4, 0.5) is 10.2 Å². The maximum Gasteiger partial charge on any atom is 0.225 e. The van der Waals surface area contributed by atoms with Crippen molar-refractivity contribution >= 4 is 11.7 Å². The van der Waals surface area contributed by atoms with E-state index in [1.54, 1.807) is 18.3 Å². The molecule has 5 nitrogen and oxygen atoms in total. The fourth-order valence-electron chi connectivity index (χ4n) is 3.24. The topological polar surface area (TPSA) is 59.8 Å². The predicted molar refractivity (Wildman–Crippen MR) is 107 cm³/mol. The fourth-order valence-corrected chi connectivity index (χ4v) is 3.24. The first-order valence-corrected chi connectivity index (χ1v) is 9.72. The number of amides is 1. The van der Waals surface area contributed by atoms with Gasteiger partial charge in [-0.25, -0.2) is 9.37 Å². The van der Waals surface area contributed by atoms with Crippen LogP contribution in [-0.4, -0.2) is 20.7 Å². The van der Waals surface area contributed by atoms with E-state index in [2.05, 4.69) is 17.2 Å². The van der Waals surface area contributed by atoms with E-state index in [0.29, 0.717) is 18.2 Å². The molecular weight excluding hydrogens is 355 g/mol. The molecule has 1 fully saturated rings. The fraction of sp³-hybridized carbons (Fsp3) is 0.318. The maximum absolute atomic E-state index is 13.3. The van der Waals surface area contributed by atoms with Gasteiger partial charge in [0.2, 0.25) is 5.91 Å². The lowest BCUT2D eigenvalue weighted by Crippen LogP contribution is -2.12. The zero-order valence-electron chi connectivity index (χ0n) is 15.9. The quantitative estimate of drug-likeness (QED) is 0.636. The van der Waals surface area contributed by atoms with E-state index in [9.17, 15) is 9.18 Å². The van der Waals surface area contributed by atoms with E-state index in [1.807, 2.05) is 23.0 Å². The van der Waals surface area contributed by atoms with E-state index in [1.165, 1.54) is 12.1 Å². The predicted octanol–water partition coefficient (Wildman–Crippen LogP) is 4.90.